The lowest BCUT2D eigenvalue weighted by atomic mass is 10.2. The summed E-state index contributed by atoms with van der Waals surface area (Å²) in [6, 6.07) is 3.88. The summed E-state index contributed by atoms with van der Waals surface area (Å²) in [5, 5.41) is 9.31. The second-order valence-electron chi connectivity index (χ2n) is 3.30. The fourth-order valence-electron chi connectivity index (χ4n) is 1.38. The highest BCUT2D eigenvalue weighted by atomic mass is 16.3. The molecule has 0 saturated heterocycles. The molecule has 0 spiro atoms. The molecule has 0 aliphatic carbocycles. The molecule has 0 bridgehead atoms. The summed E-state index contributed by atoms with van der Waals surface area (Å²) in [4.78, 5) is 6.48. The Bertz CT molecular complexity index is 265. The van der Waals surface area contributed by atoms with E-state index in [9.17, 15) is 5.11 Å². The van der Waals surface area contributed by atoms with Crippen molar-refractivity contribution < 1.29 is 5.11 Å². The molecular weight excluding hydrogens is 176 g/mol. The third kappa shape index (κ3) is 2.45. The van der Waals surface area contributed by atoms with Crippen LogP contribution in [0.2, 0.25) is 0 Å². The number of rotatable bonds is 4. The molecule has 0 aliphatic heterocycles. The minimum absolute atomic E-state index is 0.437. The summed E-state index contributed by atoms with van der Waals surface area (Å²) in [7, 11) is 0. The predicted molar refractivity (Wildman–Crippen MR) is 58.4 cm³/mol. The molecule has 1 heterocycles. The SMILES string of the molecule is CCN(CC)c1ccc([C@@H](C)O)cn1. The van der Waals surface area contributed by atoms with Crippen molar-refractivity contribution in [2.75, 3.05) is 18.0 Å². The van der Waals surface area contributed by atoms with Crippen molar-refractivity contribution in [2.24, 2.45) is 0 Å². The van der Waals surface area contributed by atoms with Gasteiger partial charge in [-0.3, -0.25) is 0 Å². The molecule has 0 amide bonds. The summed E-state index contributed by atoms with van der Waals surface area (Å²) in [6.07, 6.45) is 1.30. The standard InChI is InChI=1S/C11H18N2O/c1-4-13(5-2)11-7-6-10(8-12-11)9(3)14/h6-9,14H,4-5H2,1-3H3/t9-/m1/s1. The zero-order chi connectivity index (χ0) is 10.6. The van der Waals surface area contributed by atoms with Gasteiger partial charge in [-0.2, -0.15) is 0 Å². The Morgan fingerprint density at radius 3 is 2.36 bits per heavy atom. The van der Waals surface area contributed by atoms with E-state index in [0.717, 1.165) is 24.5 Å². The van der Waals surface area contributed by atoms with Crippen LogP contribution in [0.5, 0.6) is 0 Å². The monoisotopic (exact) mass is 194 g/mol. The quantitative estimate of drug-likeness (QED) is 0.796. The van der Waals surface area contributed by atoms with E-state index in [1.165, 1.54) is 0 Å². The van der Waals surface area contributed by atoms with Gasteiger partial charge in [0.25, 0.3) is 0 Å². The summed E-state index contributed by atoms with van der Waals surface area (Å²) in [5.74, 6) is 0.972. The van der Waals surface area contributed by atoms with Crippen molar-refractivity contribution in [3.8, 4) is 0 Å². The topological polar surface area (TPSA) is 36.4 Å². The minimum atomic E-state index is -0.437. The number of hydrogen-bond donors (Lipinski definition) is 1. The van der Waals surface area contributed by atoms with Crippen LogP contribution in [0.4, 0.5) is 5.82 Å². The lowest BCUT2D eigenvalue weighted by Crippen LogP contribution is -2.22. The summed E-state index contributed by atoms with van der Waals surface area (Å²) < 4.78 is 0. The van der Waals surface area contributed by atoms with E-state index in [4.69, 9.17) is 0 Å². The van der Waals surface area contributed by atoms with Crippen molar-refractivity contribution in [1.29, 1.82) is 0 Å². The van der Waals surface area contributed by atoms with Gasteiger partial charge in [0.15, 0.2) is 0 Å². The molecule has 78 valence electrons. The summed E-state index contributed by atoms with van der Waals surface area (Å²) in [6.45, 7) is 7.87. The molecule has 14 heavy (non-hydrogen) atoms. The van der Waals surface area contributed by atoms with E-state index in [1.807, 2.05) is 12.1 Å². The van der Waals surface area contributed by atoms with E-state index < -0.39 is 6.10 Å². The third-order valence-corrected chi connectivity index (χ3v) is 2.34. The average Bonchev–Trinajstić information content (AvgIpc) is 2.20. The minimum Gasteiger partial charge on any atom is -0.389 e. The van der Waals surface area contributed by atoms with Crippen LogP contribution in [-0.2, 0) is 0 Å². The second-order valence-corrected chi connectivity index (χ2v) is 3.30. The molecular formula is C11H18N2O. The van der Waals surface area contributed by atoms with Crippen molar-refractivity contribution >= 4 is 5.82 Å². The Morgan fingerprint density at radius 1 is 1.36 bits per heavy atom. The molecule has 0 fully saturated rings. The number of aliphatic hydroxyl groups is 1. The lowest BCUT2D eigenvalue weighted by molar-refractivity contribution is 0.199. The van der Waals surface area contributed by atoms with Crippen LogP contribution in [0.15, 0.2) is 18.3 Å². The number of hydrogen-bond acceptors (Lipinski definition) is 3. The van der Waals surface area contributed by atoms with Crippen LogP contribution in [0.3, 0.4) is 0 Å². The molecule has 0 saturated carbocycles. The summed E-state index contributed by atoms with van der Waals surface area (Å²) >= 11 is 0. The van der Waals surface area contributed by atoms with Gasteiger partial charge < -0.3 is 10.0 Å². The molecule has 0 radical (unpaired) electrons. The van der Waals surface area contributed by atoms with Gasteiger partial charge in [0.05, 0.1) is 6.10 Å². The highest BCUT2D eigenvalue weighted by Crippen LogP contribution is 2.15. The highest BCUT2D eigenvalue weighted by Gasteiger charge is 2.04. The number of aromatic nitrogens is 1. The smallest absolute Gasteiger partial charge is 0.128 e. The van der Waals surface area contributed by atoms with Gasteiger partial charge in [0.2, 0.25) is 0 Å². The molecule has 1 N–H and O–H groups in total. The maximum atomic E-state index is 9.31. The fourth-order valence-corrected chi connectivity index (χ4v) is 1.38. The molecule has 0 aliphatic rings. The van der Waals surface area contributed by atoms with Crippen molar-refractivity contribution in [2.45, 2.75) is 26.9 Å². The Hall–Kier alpha value is -1.09. The molecule has 1 atom stereocenters. The van der Waals surface area contributed by atoms with Gasteiger partial charge in [0, 0.05) is 19.3 Å². The largest absolute Gasteiger partial charge is 0.389 e. The van der Waals surface area contributed by atoms with Crippen LogP contribution in [0, 0.1) is 0 Å². The number of pyridine rings is 1. The molecule has 1 rings (SSSR count). The molecule has 1 aromatic heterocycles. The Morgan fingerprint density at radius 2 is 2.00 bits per heavy atom. The zero-order valence-corrected chi connectivity index (χ0v) is 9.07. The molecule has 3 heteroatoms. The molecule has 3 nitrogen and oxygen atoms in total. The molecule has 0 aromatic carbocycles. The van der Waals surface area contributed by atoms with E-state index in [-0.39, 0.29) is 0 Å². The van der Waals surface area contributed by atoms with Gasteiger partial charge in [-0.1, -0.05) is 6.07 Å². The second kappa shape index (κ2) is 4.96. The van der Waals surface area contributed by atoms with Crippen LogP contribution >= 0.6 is 0 Å². The first kappa shape index (κ1) is 11.0. The first-order valence-electron chi connectivity index (χ1n) is 5.08. The van der Waals surface area contributed by atoms with Crippen LogP contribution in [0.1, 0.15) is 32.4 Å². The summed E-state index contributed by atoms with van der Waals surface area (Å²) in [5.41, 5.74) is 0.862. The normalized spacial score (nSPS) is 12.6. The van der Waals surface area contributed by atoms with Gasteiger partial charge in [0.1, 0.15) is 5.82 Å². The number of nitrogens with zero attached hydrogens (tertiary/aromatic N) is 2. The van der Waals surface area contributed by atoms with Crippen LogP contribution < -0.4 is 4.90 Å². The Labute approximate surface area is 85.4 Å². The van der Waals surface area contributed by atoms with E-state index in [0.29, 0.717) is 0 Å². The Balaban J connectivity index is 2.81. The maximum absolute atomic E-state index is 9.31. The first-order chi connectivity index (χ1) is 6.69. The van der Waals surface area contributed by atoms with Gasteiger partial charge in [-0.25, -0.2) is 4.98 Å². The average molecular weight is 194 g/mol. The van der Waals surface area contributed by atoms with Gasteiger partial charge >= 0.3 is 0 Å². The highest BCUT2D eigenvalue weighted by molar-refractivity contribution is 5.39. The van der Waals surface area contributed by atoms with E-state index in [2.05, 4.69) is 23.7 Å². The third-order valence-electron chi connectivity index (χ3n) is 2.34. The van der Waals surface area contributed by atoms with Crippen molar-refractivity contribution in [1.82, 2.24) is 4.98 Å². The van der Waals surface area contributed by atoms with Crippen LogP contribution in [-0.4, -0.2) is 23.2 Å². The van der Waals surface area contributed by atoms with E-state index >= 15 is 0 Å². The van der Waals surface area contributed by atoms with Crippen molar-refractivity contribution in [3.05, 3.63) is 23.9 Å². The van der Waals surface area contributed by atoms with Gasteiger partial charge in [-0.05, 0) is 32.4 Å². The molecule has 1 aromatic rings. The fraction of sp³-hybridized carbons (Fsp3) is 0.545. The van der Waals surface area contributed by atoms with Gasteiger partial charge in [-0.15, -0.1) is 0 Å². The maximum Gasteiger partial charge on any atom is 0.128 e. The van der Waals surface area contributed by atoms with Crippen LogP contribution in [0.25, 0.3) is 0 Å². The molecule has 0 unspecified atom stereocenters. The van der Waals surface area contributed by atoms with Crippen molar-refractivity contribution in [3.63, 3.8) is 0 Å². The van der Waals surface area contributed by atoms with E-state index in [1.54, 1.807) is 13.1 Å². The lowest BCUT2D eigenvalue weighted by Gasteiger charge is -2.19. The Kier molecular flexibility index (Phi) is 3.89. The zero-order valence-electron chi connectivity index (χ0n) is 9.07. The number of aliphatic hydroxyl groups excluding tert-OH is 1. The number of anilines is 1. The first-order valence-corrected chi connectivity index (χ1v) is 5.08. The predicted octanol–water partition coefficient (Wildman–Crippen LogP) is 1.98.